The van der Waals surface area contributed by atoms with Crippen LogP contribution in [0.4, 0.5) is 17.1 Å². The van der Waals surface area contributed by atoms with E-state index in [9.17, 15) is 0 Å². The van der Waals surface area contributed by atoms with Gasteiger partial charge in [-0.1, -0.05) is 29.8 Å². The van der Waals surface area contributed by atoms with Gasteiger partial charge in [0, 0.05) is 10.7 Å². The first-order valence-corrected chi connectivity index (χ1v) is 5.84. The number of anilines is 3. The monoisotopic (exact) mass is 246 g/mol. The Hall–Kier alpha value is -1.67. The van der Waals surface area contributed by atoms with E-state index >= 15 is 0 Å². The molecule has 0 saturated carbocycles. The lowest BCUT2D eigenvalue weighted by Crippen LogP contribution is -1.99. The first-order valence-electron chi connectivity index (χ1n) is 5.46. The third-order valence-corrected chi connectivity index (χ3v) is 3.03. The molecule has 0 aromatic heterocycles. The van der Waals surface area contributed by atoms with E-state index in [-0.39, 0.29) is 0 Å². The largest absolute Gasteiger partial charge is 0.397 e. The molecular formula is C14H15ClN2. The van der Waals surface area contributed by atoms with Gasteiger partial charge in [-0.2, -0.15) is 0 Å². The Morgan fingerprint density at radius 3 is 2.53 bits per heavy atom. The molecule has 0 aliphatic carbocycles. The molecule has 0 amide bonds. The minimum Gasteiger partial charge on any atom is -0.397 e. The van der Waals surface area contributed by atoms with Gasteiger partial charge in [0.25, 0.3) is 0 Å². The molecule has 0 heterocycles. The number of nitrogens with two attached hydrogens (primary N) is 1. The molecule has 0 atom stereocenters. The number of benzene rings is 2. The van der Waals surface area contributed by atoms with Gasteiger partial charge in [0.05, 0.1) is 11.4 Å². The summed E-state index contributed by atoms with van der Waals surface area (Å²) >= 11 is 5.98. The van der Waals surface area contributed by atoms with Gasteiger partial charge in [-0.15, -0.1) is 0 Å². The van der Waals surface area contributed by atoms with Crippen LogP contribution in [0.2, 0.25) is 5.02 Å². The van der Waals surface area contributed by atoms with Crippen molar-refractivity contribution in [2.24, 2.45) is 0 Å². The van der Waals surface area contributed by atoms with Crippen molar-refractivity contribution in [1.29, 1.82) is 0 Å². The number of aryl methyl sites for hydroxylation is 2. The zero-order valence-electron chi connectivity index (χ0n) is 9.92. The molecule has 3 N–H and O–H groups in total. The summed E-state index contributed by atoms with van der Waals surface area (Å²) in [7, 11) is 0. The molecule has 2 aromatic carbocycles. The predicted octanol–water partition coefficient (Wildman–Crippen LogP) is 4.28. The van der Waals surface area contributed by atoms with Crippen molar-refractivity contribution in [2.45, 2.75) is 13.8 Å². The summed E-state index contributed by atoms with van der Waals surface area (Å²) in [6.45, 7) is 4.02. The topological polar surface area (TPSA) is 38.0 Å². The van der Waals surface area contributed by atoms with Crippen molar-refractivity contribution in [3.8, 4) is 0 Å². The summed E-state index contributed by atoms with van der Waals surface area (Å²) in [6.07, 6.45) is 0. The van der Waals surface area contributed by atoms with Crippen molar-refractivity contribution in [1.82, 2.24) is 0 Å². The van der Waals surface area contributed by atoms with E-state index in [1.807, 2.05) is 50.2 Å². The van der Waals surface area contributed by atoms with Gasteiger partial charge in [-0.05, 0) is 43.2 Å². The van der Waals surface area contributed by atoms with E-state index in [1.54, 1.807) is 0 Å². The lowest BCUT2D eigenvalue weighted by molar-refractivity contribution is 1.41. The van der Waals surface area contributed by atoms with E-state index in [2.05, 4.69) is 5.32 Å². The van der Waals surface area contributed by atoms with E-state index < -0.39 is 0 Å². The second-order valence-electron chi connectivity index (χ2n) is 4.12. The standard InChI is InChI=1S/C14H15ClN2/c1-9-6-7-11(15)8-13(9)17-12-5-3-4-10(2)14(12)16/h3-8,17H,16H2,1-2H3. The highest BCUT2D eigenvalue weighted by Gasteiger charge is 2.04. The van der Waals surface area contributed by atoms with Gasteiger partial charge >= 0.3 is 0 Å². The Morgan fingerprint density at radius 1 is 1.00 bits per heavy atom. The molecule has 0 bridgehead atoms. The predicted molar refractivity (Wildman–Crippen MR) is 75.1 cm³/mol. The molecule has 2 nitrogen and oxygen atoms in total. The molecule has 2 aromatic rings. The number of nitrogen functional groups attached to an aromatic ring is 1. The average Bonchev–Trinajstić information content (AvgIpc) is 2.30. The molecular weight excluding hydrogens is 232 g/mol. The number of halogens is 1. The Bertz CT molecular complexity index is 550. The van der Waals surface area contributed by atoms with E-state index in [0.717, 1.165) is 28.2 Å². The fourth-order valence-electron chi connectivity index (χ4n) is 1.66. The van der Waals surface area contributed by atoms with Gasteiger partial charge in [0.2, 0.25) is 0 Å². The lowest BCUT2D eigenvalue weighted by Gasteiger charge is -2.13. The summed E-state index contributed by atoms with van der Waals surface area (Å²) in [5.41, 5.74) is 10.9. The van der Waals surface area contributed by atoms with E-state index in [1.165, 1.54) is 0 Å². The van der Waals surface area contributed by atoms with Crippen LogP contribution in [-0.2, 0) is 0 Å². The third kappa shape index (κ3) is 2.53. The van der Waals surface area contributed by atoms with Gasteiger partial charge in [-0.3, -0.25) is 0 Å². The number of rotatable bonds is 2. The molecule has 0 spiro atoms. The van der Waals surface area contributed by atoms with Crippen LogP contribution in [-0.4, -0.2) is 0 Å². The van der Waals surface area contributed by atoms with Crippen LogP contribution >= 0.6 is 11.6 Å². The van der Waals surface area contributed by atoms with Crippen LogP contribution in [0.5, 0.6) is 0 Å². The maximum absolute atomic E-state index is 6.02. The van der Waals surface area contributed by atoms with Crippen molar-refractivity contribution in [3.63, 3.8) is 0 Å². The maximum atomic E-state index is 6.02. The van der Waals surface area contributed by atoms with Crippen LogP contribution in [0.3, 0.4) is 0 Å². The Labute approximate surface area is 106 Å². The molecule has 0 aliphatic heterocycles. The van der Waals surface area contributed by atoms with Gasteiger partial charge in [0.15, 0.2) is 0 Å². The molecule has 0 saturated heterocycles. The second-order valence-corrected chi connectivity index (χ2v) is 4.56. The smallest absolute Gasteiger partial charge is 0.0620 e. The SMILES string of the molecule is Cc1ccc(Cl)cc1Nc1cccc(C)c1N. The fraction of sp³-hybridized carbons (Fsp3) is 0.143. The minimum absolute atomic E-state index is 0.712. The molecule has 0 aliphatic rings. The summed E-state index contributed by atoms with van der Waals surface area (Å²) in [5, 5.41) is 4.03. The highest BCUT2D eigenvalue weighted by Crippen LogP contribution is 2.28. The first-order chi connectivity index (χ1) is 8.08. The zero-order valence-corrected chi connectivity index (χ0v) is 10.7. The highest BCUT2D eigenvalue weighted by atomic mass is 35.5. The number of hydrogen-bond donors (Lipinski definition) is 2. The van der Waals surface area contributed by atoms with Crippen LogP contribution in [0.1, 0.15) is 11.1 Å². The van der Waals surface area contributed by atoms with E-state index in [4.69, 9.17) is 17.3 Å². The van der Waals surface area contributed by atoms with Gasteiger partial charge < -0.3 is 11.1 Å². The maximum Gasteiger partial charge on any atom is 0.0620 e. The minimum atomic E-state index is 0.712. The van der Waals surface area contributed by atoms with E-state index in [0.29, 0.717) is 5.02 Å². The molecule has 3 heteroatoms. The third-order valence-electron chi connectivity index (χ3n) is 2.79. The Kier molecular flexibility index (Phi) is 3.25. The average molecular weight is 247 g/mol. The first kappa shape index (κ1) is 11.8. The lowest BCUT2D eigenvalue weighted by atomic mass is 10.1. The zero-order chi connectivity index (χ0) is 12.4. The summed E-state index contributed by atoms with van der Waals surface area (Å²) in [6, 6.07) is 11.7. The van der Waals surface area contributed by atoms with Gasteiger partial charge in [0.1, 0.15) is 0 Å². The van der Waals surface area contributed by atoms with Crippen molar-refractivity contribution >= 4 is 28.7 Å². The van der Waals surface area contributed by atoms with Crippen LogP contribution < -0.4 is 11.1 Å². The fourth-order valence-corrected chi connectivity index (χ4v) is 1.84. The van der Waals surface area contributed by atoms with Crippen molar-refractivity contribution in [2.75, 3.05) is 11.1 Å². The number of nitrogens with one attached hydrogen (secondary N) is 1. The summed E-state index contributed by atoms with van der Waals surface area (Å²) < 4.78 is 0. The van der Waals surface area contributed by atoms with Crippen LogP contribution in [0.15, 0.2) is 36.4 Å². The Morgan fingerprint density at radius 2 is 1.76 bits per heavy atom. The molecule has 0 fully saturated rings. The molecule has 0 unspecified atom stereocenters. The molecule has 0 radical (unpaired) electrons. The Balaban J connectivity index is 2.38. The quantitative estimate of drug-likeness (QED) is 0.776. The molecule has 17 heavy (non-hydrogen) atoms. The highest BCUT2D eigenvalue weighted by molar-refractivity contribution is 6.30. The van der Waals surface area contributed by atoms with Gasteiger partial charge in [-0.25, -0.2) is 0 Å². The number of para-hydroxylation sites is 1. The van der Waals surface area contributed by atoms with Crippen molar-refractivity contribution < 1.29 is 0 Å². The second kappa shape index (κ2) is 4.68. The van der Waals surface area contributed by atoms with Crippen molar-refractivity contribution in [3.05, 3.63) is 52.5 Å². The summed E-state index contributed by atoms with van der Waals surface area (Å²) in [4.78, 5) is 0. The van der Waals surface area contributed by atoms with Crippen LogP contribution in [0.25, 0.3) is 0 Å². The normalized spacial score (nSPS) is 10.3. The molecule has 88 valence electrons. The summed E-state index contributed by atoms with van der Waals surface area (Å²) in [5.74, 6) is 0. The number of hydrogen-bond acceptors (Lipinski definition) is 2. The van der Waals surface area contributed by atoms with Crippen LogP contribution in [0, 0.1) is 13.8 Å². The molecule has 2 rings (SSSR count).